The zero-order valence-corrected chi connectivity index (χ0v) is 23.3. The Morgan fingerprint density at radius 1 is 0.917 bits per heavy atom. The molecule has 1 aliphatic carbocycles. The second-order valence-corrected chi connectivity index (χ2v) is 13.8. The van der Waals surface area contributed by atoms with Gasteiger partial charge in [0, 0.05) is 34.1 Å². The van der Waals surface area contributed by atoms with Crippen molar-refractivity contribution in [1.29, 1.82) is 0 Å². The molecule has 0 atom stereocenters. The van der Waals surface area contributed by atoms with Crippen molar-refractivity contribution in [2.45, 2.75) is 43.9 Å². The lowest BCUT2D eigenvalue weighted by Gasteiger charge is -2.27. The number of rotatable bonds is 6. The number of nitrogens with zero attached hydrogens (tertiary/aromatic N) is 2. The molecule has 1 aromatic carbocycles. The van der Waals surface area contributed by atoms with E-state index in [1.165, 1.54) is 33.4 Å². The summed E-state index contributed by atoms with van der Waals surface area (Å²) in [5.74, 6) is 0. The summed E-state index contributed by atoms with van der Waals surface area (Å²) in [5, 5.41) is 1.30. The van der Waals surface area contributed by atoms with Crippen LogP contribution in [0, 0.1) is 6.92 Å². The van der Waals surface area contributed by atoms with E-state index in [-0.39, 0.29) is 0 Å². The van der Waals surface area contributed by atoms with Crippen LogP contribution in [0.4, 0.5) is 5.00 Å². The Kier molecular flexibility index (Phi) is 7.24. The van der Waals surface area contributed by atoms with E-state index in [0.717, 1.165) is 57.4 Å². The standard InChI is InChI=1S/C29H32N2O2S3/c1-21-7-14-27(15-8-21)36(32,33)30(3)29-23(19-25-12-9-22(2)34-25)10-11-24(29)20-26-13-16-28(35-26)31-17-5-4-6-18-31/h7-9,12-16,19-20H,2,4-6,10-11,17-18H2,1,3H3/b24-20+,25-19+. The van der Waals surface area contributed by atoms with Crippen molar-refractivity contribution in [1.82, 2.24) is 4.31 Å². The zero-order chi connectivity index (χ0) is 25.3. The molecule has 4 nitrogen and oxygen atoms in total. The number of likely N-dealkylation sites (N-methyl/N-ethyl adjacent to an activating group) is 1. The molecular formula is C29H32N2O2S3. The molecule has 1 saturated heterocycles. The first-order valence-corrected chi connectivity index (χ1v) is 15.5. The topological polar surface area (TPSA) is 40.6 Å². The van der Waals surface area contributed by atoms with Gasteiger partial charge in [-0.3, -0.25) is 4.31 Å². The van der Waals surface area contributed by atoms with Crippen molar-refractivity contribution in [3.63, 3.8) is 0 Å². The molecule has 1 fully saturated rings. The molecule has 0 bridgehead atoms. The smallest absolute Gasteiger partial charge is 0.264 e. The highest BCUT2D eigenvalue weighted by molar-refractivity contribution is 7.89. The molecule has 7 heteroatoms. The van der Waals surface area contributed by atoms with Crippen molar-refractivity contribution < 1.29 is 8.42 Å². The van der Waals surface area contributed by atoms with Gasteiger partial charge in [-0.2, -0.15) is 0 Å². The third-order valence-electron chi connectivity index (χ3n) is 6.86. The number of anilines is 1. The maximum Gasteiger partial charge on any atom is 0.264 e. The average Bonchev–Trinajstić information content (AvgIpc) is 3.61. The zero-order valence-electron chi connectivity index (χ0n) is 20.9. The Morgan fingerprint density at radius 3 is 2.36 bits per heavy atom. The second kappa shape index (κ2) is 10.4. The van der Waals surface area contributed by atoms with Crippen molar-refractivity contribution in [2.24, 2.45) is 0 Å². The Balaban J connectivity index is 1.55. The lowest BCUT2D eigenvalue weighted by atomic mass is 10.1. The molecule has 36 heavy (non-hydrogen) atoms. The maximum atomic E-state index is 13.7. The third kappa shape index (κ3) is 5.24. The molecule has 5 rings (SSSR count). The molecule has 0 saturated carbocycles. The van der Waals surface area contributed by atoms with Gasteiger partial charge in [-0.25, -0.2) is 8.42 Å². The molecule has 0 unspecified atom stereocenters. The van der Waals surface area contributed by atoms with Gasteiger partial charge in [0.1, 0.15) is 0 Å². The molecule has 0 spiro atoms. The first-order valence-electron chi connectivity index (χ1n) is 12.4. The van der Waals surface area contributed by atoms with Gasteiger partial charge in [-0.05, 0) is 98.7 Å². The molecule has 3 heterocycles. The van der Waals surface area contributed by atoms with Gasteiger partial charge in [-0.1, -0.05) is 24.3 Å². The Labute approximate surface area is 222 Å². The first-order chi connectivity index (χ1) is 17.3. The van der Waals surface area contributed by atoms with Crippen LogP contribution in [0.3, 0.4) is 0 Å². The number of thiophene rings is 2. The van der Waals surface area contributed by atoms with E-state index in [1.807, 2.05) is 25.1 Å². The van der Waals surface area contributed by atoms with Gasteiger partial charge >= 0.3 is 0 Å². The number of hydrogen-bond acceptors (Lipinski definition) is 5. The van der Waals surface area contributed by atoms with Gasteiger partial charge in [0.25, 0.3) is 10.0 Å². The first kappa shape index (κ1) is 25.1. The molecule has 0 radical (unpaired) electrons. The number of allylic oxidation sites excluding steroid dienone is 2. The van der Waals surface area contributed by atoms with Gasteiger partial charge in [-0.15, -0.1) is 22.7 Å². The van der Waals surface area contributed by atoms with Gasteiger partial charge in [0.15, 0.2) is 0 Å². The average molecular weight is 537 g/mol. The summed E-state index contributed by atoms with van der Waals surface area (Å²) < 4.78 is 30.9. The van der Waals surface area contributed by atoms with Crippen molar-refractivity contribution in [3.8, 4) is 0 Å². The van der Waals surface area contributed by atoms with Crippen LogP contribution in [-0.4, -0.2) is 32.9 Å². The van der Waals surface area contributed by atoms with E-state index in [0.29, 0.717) is 4.90 Å². The third-order valence-corrected chi connectivity index (χ3v) is 10.6. The van der Waals surface area contributed by atoms with E-state index in [4.69, 9.17) is 0 Å². The minimum Gasteiger partial charge on any atom is -0.363 e. The SMILES string of the molecule is C=c1cc/c(=C\C2=C(N(C)S(=O)(=O)c3ccc(C)cc3)C(=C/c3ccc(N4CCCCC4)s3)/CC2)s1. The van der Waals surface area contributed by atoms with Crippen LogP contribution in [0.2, 0.25) is 0 Å². The van der Waals surface area contributed by atoms with Crippen LogP contribution in [0.5, 0.6) is 0 Å². The monoisotopic (exact) mass is 536 g/mol. The van der Waals surface area contributed by atoms with Gasteiger partial charge in [0.05, 0.1) is 15.6 Å². The minimum atomic E-state index is -3.70. The van der Waals surface area contributed by atoms with Crippen LogP contribution in [0.15, 0.2) is 70.3 Å². The number of piperidine rings is 1. The molecule has 2 aliphatic rings. The maximum absolute atomic E-state index is 13.7. The molecule has 0 amide bonds. The fourth-order valence-electron chi connectivity index (χ4n) is 4.91. The Morgan fingerprint density at radius 2 is 1.67 bits per heavy atom. The van der Waals surface area contributed by atoms with Crippen LogP contribution >= 0.6 is 22.7 Å². The summed E-state index contributed by atoms with van der Waals surface area (Å²) >= 11 is 3.42. The fraction of sp³-hybridized carbons (Fsp3) is 0.310. The number of benzene rings is 1. The lowest BCUT2D eigenvalue weighted by Crippen LogP contribution is -2.28. The second-order valence-electron chi connectivity index (χ2n) is 9.50. The normalized spacial score (nSPS) is 18.4. The molecule has 188 valence electrons. The van der Waals surface area contributed by atoms with E-state index in [9.17, 15) is 8.42 Å². The van der Waals surface area contributed by atoms with Gasteiger partial charge in [0.2, 0.25) is 0 Å². The molecule has 0 N–H and O–H groups in total. The van der Waals surface area contributed by atoms with Crippen LogP contribution in [0.25, 0.3) is 18.7 Å². The van der Waals surface area contributed by atoms with E-state index in [2.05, 4.69) is 41.8 Å². The summed E-state index contributed by atoms with van der Waals surface area (Å²) in [6.07, 6.45) is 9.76. The van der Waals surface area contributed by atoms with Crippen LogP contribution < -0.4 is 14.0 Å². The van der Waals surface area contributed by atoms with Gasteiger partial charge < -0.3 is 4.90 Å². The molecule has 1 aliphatic heterocycles. The quantitative estimate of drug-likeness (QED) is 0.403. The van der Waals surface area contributed by atoms with Crippen molar-refractivity contribution in [2.75, 3.05) is 25.0 Å². The van der Waals surface area contributed by atoms with E-state index < -0.39 is 10.0 Å². The minimum absolute atomic E-state index is 0.313. The van der Waals surface area contributed by atoms with Crippen molar-refractivity contribution in [3.05, 3.63) is 84.9 Å². The lowest BCUT2D eigenvalue weighted by molar-refractivity contribution is 0.527. The predicted octanol–water partition coefficient (Wildman–Crippen LogP) is 5.75. The Bertz CT molecular complexity index is 1520. The summed E-state index contributed by atoms with van der Waals surface area (Å²) in [6.45, 7) is 8.23. The number of aryl methyl sites for hydroxylation is 1. The summed E-state index contributed by atoms with van der Waals surface area (Å²) in [5.41, 5.74) is 3.95. The molecule has 2 aromatic heterocycles. The van der Waals surface area contributed by atoms with Crippen LogP contribution in [0.1, 0.15) is 42.5 Å². The van der Waals surface area contributed by atoms with Crippen molar-refractivity contribution >= 4 is 56.4 Å². The fourth-order valence-corrected chi connectivity index (χ4v) is 7.98. The highest BCUT2D eigenvalue weighted by Crippen LogP contribution is 2.39. The number of hydrogen-bond donors (Lipinski definition) is 0. The number of sulfonamides is 1. The van der Waals surface area contributed by atoms with Crippen LogP contribution in [-0.2, 0) is 10.0 Å². The summed E-state index contributed by atoms with van der Waals surface area (Å²) in [4.78, 5) is 3.96. The predicted molar refractivity (Wildman–Crippen MR) is 154 cm³/mol. The Hall–Kier alpha value is -2.61. The summed E-state index contributed by atoms with van der Waals surface area (Å²) in [7, 11) is -2.01. The van der Waals surface area contributed by atoms with E-state index in [1.54, 1.807) is 41.9 Å². The summed E-state index contributed by atoms with van der Waals surface area (Å²) in [6, 6.07) is 15.5. The largest absolute Gasteiger partial charge is 0.363 e. The molecular weight excluding hydrogens is 505 g/mol. The van der Waals surface area contributed by atoms with E-state index >= 15 is 0 Å². The molecule has 3 aromatic rings. The highest BCUT2D eigenvalue weighted by atomic mass is 32.2. The highest BCUT2D eigenvalue weighted by Gasteiger charge is 2.30.